The van der Waals surface area contributed by atoms with Crippen molar-refractivity contribution in [2.24, 2.45) is 0 Å². The first kappa shape index (κ1) is 24.1. The van der Waals surface area contributed by atoms with E-state index in [4.69, 9.17) is 4.74 Å². The average molecular weight is 486 g/mol. The summed E-state index contributed by atoms with van der Waals surface area (Å²) in [5, 5.41) is 11.0. The number of amides is 2. The number of aliphatic hydroxyl groups is 1. The smallest absolute Gasteiger partial charge is 0.261 e. The lowest BCUT2D eigenvalue weighted by Crippen LogP contribution is -2.35. The minimum absolute atomic E-state index is 0.204. The molecule has 3 aromatic rings. The summed E-state index contributed by atoms with van der Waals surface area (Å²) in [6, 6.07) is 13.1. The maximum absolute atomic E-state index is 12.7. The molecule has 7 heteroatoms. The van der Waals surface area contributed by atoms with Gasteiger partial charge in [-0.2, -0.15) is 0 Å². The van der Waals surface area contributed by atoms with Gasteiger partial charge in [0.05, 0.1) is 17.2 Å². The number of likely N-dealkylation sites (tertiary alicyclic amines) is 1. The fourth-order valence-corrected chi connectivity index (χ4v) is 5.10. The van der Waals surface area contributed by atoms with Crippen LogP contribution in [0.15, 0.2) is 48.7 Å². The number of carbonyl (C=O) groups excluding carboxylic acids is 2. The standard InChI is InChI=1S/C29H31N3O4/c1-2-3-17-36-23-9-10-27-26(18-23)21(19-30-15-11-22(33)12-16-30)20-31(27)13-6-14-32-28(34)24-7-4-5-8-25(24)29(32)35/h4-5,7-10,18,20,22,33H,6,11-17,19H2,1H3. The van der Waals surface area contributed by atoms with E-state index in [0.29, 0.717) is 37.2 Å². The third-order valence-corrected chi connectivity index (χ3v) is 7.03. The molecule has 0 unspecified atom stereocenters. The zero-order valence-electron chi connectivity index (χ0n) is 20.6. The number of piperidine rings is 1. The van der Waals surface area contributed by atoms with Gasteiger partial charge in [0.1, 0.15) is 12.4 Å². The number of benzene rings is 2. The second-order valence-corrected chi connectivity index (χ2v) is 9.41. The molecule has 2 aromatic carbocycles. The minimum Gasteiger partial charge on any atom is -0.481 e. The van der Waals surface area contributed by atoms with Crippen molar-refractivity contribution in [3.63, 3.8) is 0 Å². The molecule has 1 N–H and O–H groups in total. The highest BCUT2D eigenvalue weighted by molar-refractivity contribution is 6.21. The molecule has 0 radical (unpaired) electrons. The monoisotopic (exact) mass is 485 g/mol. The van der Waals surface area contributed by atoms with Crippen LogP contribution in [0.4, 0.5) is 0 Å². The van der Waals surface area contributed by atoms with E-state index in [1.807, 2.05) is 6.07 Å². The largest absolute Gasteiger partial charge is 0.481 e. The lowest BCUT2D eigenvalue weighted by molar-refractivity contribution is 0.0650. The number of rotatable bonds is 8. The van der Waals surface area contributed by atoms with E-state index in [1.165, 1.54) is 10.5 Å². The molecule has 0 saturated carbocycles. The van der Waals surface area contributed by atoms with Gasteiger partial charge in [-0.3, -0.25) is 19.4 Å². The van der Waals surface area contributed by atoms with Gasteiger partial charge in [-0.25, -0.2) is 0 Å². The normalized spacial score (nSPS) is 16.3. The van der Waals surface area contributed by atoms with E-state index in [-0.39, 0.29) is 17.9 Å². The molecule has 0 spiro atoms. The molecule has 0 bridgehead atoms. The number of carbonyl (C=O) groups is 2. The van der Waals surface area contributed by atoms with Gasteiger partial charge in [0.25, 0.3) is 11.8 Å². The van der Waals surface area contributed by atoms with Crippen LogP contribution in [0.2, 0.25) is 0 Å². The SMILES string of the molecule is CC#CCOc1ccc2c(c1)c(CN1CCC(O)CC1)cn2CCCN1C(=O)c2ccccc2C1=O. The predicted octanol–water partition coefficient (Wildman–Crippen LogP) is 3.69. The van der Waals surface area contributed by atoms with E-state index >= 15 is 0 Å². The van der Waals surface area contributed by atoms with Crippen LogP contribution >= 0.6 is 0 Å². The molecule has 7 nitrogen and oxygen atoms in total. The van der Waals surface area contributed by atoms with Crippen molar-refractivity contribution in [3.05, 3.63) is 65.4 Å². The van der Waals surface area contributed by atoms with Gasteiger partial charge in [0, 0.05) is 49.8 Å². The second kappa shape index (κ2) is 10.6. The first-order valence-electron chi connectivity index (χ1n) is 12.5. The van der Waals surface area contributed by atoms with Gasteiger partial charge in [-0.1, -0.05) is 18.1 Å². The van der Waals surface area contributed by atoms with Crippen molar-refractivity contribution in [1.29, 1.82) is 0 Å². The van der Waals surface area contributed by atoms with Crippen molar-refractivity contribution in [2.75, 3.05) is 26.2 Å². The third-order valence-electron chi connectivity index (χ3n) is 7.03. The Morgan fingerprint density at radius 2 is 1.75 bits per heavy atom. The number of imide groups is 1. The third kappa shape index (κ3) is 4.88. The predicted molar refractivity (Wildman–Crippen MR) is 138 cm³/mol. The Bertz CT molecular complexity index is 1310. The van der Waals surface area contributed by atoms with E-state index in [1.54, 1.807) is 31.2 Å². The maximum Gasteiger partial charge on any atom is 0.261 e. The summed E-state index contributed by atoms with van der Waals surface area (Å²) in [5.41, 5.74) is 3.28. The van der Waals surface area contributed by atoms with Crippen molar-refractivity contribution in [3.8, 4) is 17.6 Å². The Kier molecular flexibility index (Phi) is 7.08. The van der Waals surface area contributed by atoms with Gasteiger partial charge in [0.2, 0.25) is 0 Å². The lowest BCUT2D eigenvalue weighted by atomic mass is 10.1. The number of hydrogen-bond donors (Lipinski definition) is 1. The number of fused-ring (bicyclic) bond motifs is 2. The van der Waals surface area contributed by atoms with Crippen molar-refractivity contribution < 1.29 is 19.4 Å². The number of hydrogen-bond acceptors (Lipinski definition) is 5. The highest BCUT2D eigenvalue weighted by Gasteiger charge is 2.34. The van der Waals surface area contributed by atoms with Gasteiger partial charge >= 0.3 is 0 Å². The molecular formula is C29H31N3O4. The van der Waals surface area contributed by atoms with Gasteiger partial charge in [0.15, 0.2) is 0 Å². The first-order chi connectivity index (χ1) is 17.5. The van der Waals surface area contributed by atoms with Crippen molar-refractivity contribution >= 4 is 22.7 Å². The summed E-state index contributed by atoms with van der Waals surface area (Å²) in [6.07, 6.45) is 4.22. The molecule has 2 aliphatic heterocycles. The summed E-state index contributed by atoms with van der Waals surface area (Å²) < 4.78 is 8.02. The molecule has 0 atom stereocenters. The number of ether oxygens (including phenoxy) is 1. The fourth-order valence-electron chi connectivity index (χ4n) is 5.10. The van der Waals surface area contributed by atoms with Crippen LogP contribution < -0.4 is 4.74 Å². The van der Waals surface area contributed by atoms with E-state index in [2.05, 4.69) is 39.6 Å². The molecule has 2 aliphatic rings. The van der Waals surface area contributed by atoms with E-state index < -0.39 is 0 Å². The quantitative estimate of drug-likeness (QED) is 0.389. The van der Waals surface area contributed by atoms with Crippen LogP contribution in [0.25, 0.3) is 10.9 Å². The molecule has 0 aliphatic carbocycles. The number of nitrogens with zero attached hydrogens (tertiary/aromatic N) is 3. The Balaban J connectivity index is 1.33. The van der Waals surface area contributed by atoms with Crippen LogP contribution in [0.3, 0.4) is 0 Å². The van der Waals surface area contributed by atoms with Crippen LogP contribution in [-0.2, 0) is 13.1 Å². The maximum atomic E-state index is 12.7. The summed E-state index contributed by atoms with van der Waals surface area (Å²) in [7, 11) is 0. The Morgan fingerprint density at radius 3 is 2.44 bits per heavy atom. The van der Waals surface area contributed by atoms with Gasteiger partial charge < -0.3 is 14.4 Å². The Labute approximate surface area is 211 Å². The van der Waals surface area contributed by atoms with E-state index in [0.717, 1.165) is 49.1 Å². The molecule has 36 heavy (non-hydrogen) atoms. The molecule has 186 valence electrons. The summed E-state index contributed by atoms with van der Waals surface area (Å²) in [4.78, 5) is 29.1. The van der Waals surface area contributed by atoms with Crippen molar-refractivity contribution in [2.45, 2.75) is 45.4 Å². The zero-order chi connectivity index (χ0) is 25.1. The lowest BCUT2D eigenvalue weighted by Gasteiger charge is -2.29. The van der Waals surface area contributed by atoms with Crippen LogP contribution in [-0.4, -0.2) is 63.6 Å². The van der Waals surface area contributed by atoms with Crippen LogP contribution in [0.1, 0.15) is 52.5 Å². The molecule has 2 amide bonds. The second-order valence-electron chi connectivity index (χ2n) is 9.41. The van der Waals surface area contributed by atoms with Crippen LogP contribution in [0, 0.1) is 11.8 Å². The number of aromatic nitrogens is 1. The zero-order valence-corrected chi connectivity index (χ0v) is 20.6. The number of aliphatic hydroxyl groups excluding tert-OH is 1. The molecular weight excluding hydrogens is 454 g/mol. The highest BCUT2D eigenvalue weighted by atomic mass is 16.5. The topological polar surface area (TPSA) is 75.0 Å². The van der Waals surface area contributed by atoms with Gasteiger partial charge in [-0.05, 0) is 62.1 Å². The fraction of sp³-hybridized carbons (Fsp3) is 0.379. The molecule has 5 rings (SSSR count). The number of aryl methyl sites for hydroxylation is 1. The summed E-state index contributed by atoms with van der Waals surface area (Å²) >= 11 is 0. The molecule has 1 aromatic heterocycles. The van der Waals surface area contributed by atoms with Crippen molar-refractivity contribution in [1.82, 2.24) is 14.4 Å². The summed E-state index contributed by atoms with van der Waals surface area (Å²) in [5.74, 6) is 6.14. The average Bonchev–Trinajstić information content (AvgIpc) is 3.35. The first-order valence-corrected chi connectivity index (χ1v) is 12.5. The molecule has 3 heterocycles. The Morgan fingerprint density at radius 1 is 1.03 bits per heavy atom. The Hall–Kier alpha value is -3.60. The van der Waals surface area contributed by atoms with E-state index in [9.17, 15) is 14.7 Å². The summed E-state index contributed by atoms with van der Waals surface area (Å²) in [6.45, 7) is 5.75. The molecule has 1 fully saturated rings. The minimum atomic E-state index is -0.210. The van der Waals surface area contributed by atoms with Crippen LogP contribution in [0.5, 0.6) is 5.75 Å². The molecule has 1 saturated heterocycles. The van der Waals surface area contributed by atoms with Gasteiger partial charge in [-0.15, -0.1) is 5.92 Å². The highest BCUT2D eigenvalue weighted by Crippen LogP contribution is 2.29.